The van der Waals surface area contributed by atoms with E-state index in [4.69, 9.17) is 16.3 Å². The molecule has 166 valence electrons. The highest BCUT2D eigenvalue weighted by Crippen LogP contribution is 2.44. The van der Waals surface area contributed by atoms with Crippen molar-refractivity contribution in [3.63, 3.8) is 0 Å². The van der Waals surface area contributed by atoms with Gasteiger partial charge in [0.15, 0.2) is 0 Å². The van der Waals surface area contributed by atoms with Crippen molar-refractivity contribution in [3.8, 4) is 22.8 Å². The quantitative estimate of drug-likeness (QED) is 0.413. The number of methoxy groups -OCH3 is 1. The predicted octanol–water partition coefficient (Wildman–Crippen LogP) is 5.23. The molecule has 0 spiro atoms. The lowest BCUT2D eigenvalue weighted by Gasteiger charge is -2.26. The summed E-state index contributed by atoms with van der Waals surface area (Å²) in [6.45, 7) is 0.505. The molecular weight excluding hydrogens is 438 g/mol. The van der Waals surface area contributed by atoms with Gasteiger partial charge in [0.1, 0.15) is 22.9 Å². The highest BCUT2D eigenvalue weighted by Gasteiger charge is 2.42. The molecule has 1 aliphatic heterocycles. The summed E-state index contributed by atoms with van der Waals surface area (Å²) in [6.07, 6.45) is 0.677. The zero-order valence-corrected chi connectivity index (χ0v) is 18.7. The summed E-state index contributed by atoms with van der Waals surface area (Å²) in [6, 6.07) is 22.0. The second kappa shape index (κ2) is 8.64. The molecule has 1 aliphatic rings. The summed E-state index contributed by atoms with van der Waals surface area (Å²) in [7, 11) is 1.64. The smallest absolute Gasteiger partial charge is 0.273 e. The van der Waals surface area contributed by atoms with Crippen LogP contribution in [0.2, 0.25) is 5.02 Å². The first-order chi connectivity index (χ1) is 16.1. The van der Waals surface area contributed by atoms with Gasteiger partial charge in [0.2, 0.25) is 0 Å². The van der Waals surface area contributed by atoms with E-state index in [1.165, 1.54) is 0 Å². The summed E-state index contributed by atoms with van der Waals surface area (Å²) in [5.74, 6) is 0.777. The van der Waals surface area contributed by atoms with E-state index in [0.29, 0.717) is 34.9 Å². The van der Waals surface area contributed by atoms with Gasteiger partial charge in [0.05, 0.1) is 13.2 Å². The number of aromatic hydroxyl groups is 1. The number of fused-ring (bicyclic) bond motifs is 1. The number of halogens is 1. The van der Waals surface area contributed by atoms with Gasteiger partial charge in [-0.1, -0.05) is 48.0 Å². The molecule has 5 rings (SSSR count). The minimum Gasteiger partial charge on any atom is -0.507 e. The summed E-state index contributed by atoms with van der Waals surface area (Å²) in [5.41, 5.74) is 4.32. The molecule has 4 aromatic rings. The van der Waals surface area contributed by atoms with E-state index in [2.05, 4.69) is 10.2 Å². The van der Waals surface area contributed by atoms with Crippen LogP contribution in [0.1, 0.15) is 33.2 Å². The van der Waals surface area contributed by atoms with Crippen LogP contribution in [0.25, 0.3) is 11.3 Å². The van der Waals surface area contributed by atoms with Crippen LogP contribution in [-0.2, 0) is 6.42 Å². The lowest BCUT2D eigenvalue weighted by atomic mass is 9.95. The van der Waals surface area contributed by atoms with Crippen molar-refractivity contribution in [2.75, 3.05) is 13.7 Å². The Balaban J connectivity index is 1.55. The summed E-state index contributed by atoms with van der Waals surface area (Å²) in [4.78, 5) is 15.3. The molecule has 0 radical (unpaired) electrons. The number of carbonyl (C=O) groups excluding carboxylic acids is 1. The second-order valence-electron chi connectivity index (χ2n) is 7.93. The number of phenolic OH excluding ortho intramolecular Hbond substituents is 1. The number of hydrogen-bond acceptors (Lipinski definition) is 4. The zero-order chi connectivity index (χ0) is 22.9. The van der Waals surface area contributed by atoms with Crippen molar-refractivity contribution >= 4 is 17.5 Å². The van der Waals surface area contributed by atoms with E-state index in [0.717, 1.165) is 22.4 Å². The van der Waals surface area contributed by atoms with Crippen molar-refractivity contribution in [2.24, 2.45) is 0 Å². The first kappa shape index (κ1) is 21.1. The normalized spacial score (nSPS) is 15.0. The first-order valence-corrected chi connectivity index (χ1v) is 11.0. The maximum atomic E-state index is 13.5. The lowest BCUT2D eigenvalue weighted by Crippen LogP contribution is -2.31. The van der Waals surface area contributed by atoms with Gasteiger partial charge in [-0.15, -0.1) is 0 Å². The number of H-pyrrole nitrogens is 1. The topological polar surface area (TPSA) is 78.5 Å². The van der Waals surface area contributed by atoms with Crippen LogP contribution in [-0.4, -0.2) is 39.8 Å². The zero-order valence-electron chi connectivity index (χ0n) is 18.0. The Morgan fingerprint density at radius 3 is 2.61 bits per heavy atom. The number of nitrogens with one attached hydrogen (secondary N) is 1. The Morgan fingerprint density at radius 1 is 1.09 bits per heavy atom. The Hall–Kier alpha value is -3.77. The van der Waals surface area contributed by atoms with E-state index in [1.807, 2.05) is 59.5 Å². The number of nitrogens with zero attached hydrogens (tertiary/aromatic N) is 2. The number of rotatable bonds is 6. The minimum atomic E-state index is -0.377. The number of amides is 1. The molecule has 6 nitrogen and oxygen atoms in total. The van der Waals surface area contributed by atoms with Crippen LogP contribution in [0.5, 0.6) is 11.5 Å². The molecule has 0 fully saturated rings. The molecule has 1 amide bonds. The van der Waals surface area contributed by atoms with Gasteiger partial charge in [0, 0.05) is 22.7 Å². The number of phenols is 1. The fourth-order valence-corrected chi connectivity index (χ4v) is 4.57. The number of hydrogen-bond donors (Lipinski definition) is 2. The molecule has 7 heteroatoms. The average Bonchev–Trinajstić information content (AvgIpc) is 3.37. The maximum Gasteiger partial charge on any atom is 0.273 e. The molecule has 3 aromatic carbocycles. The third kappa shape index (κ3) is 3.83. The molecule has 0 unspecified atom stereocenters. The minimum absolute atomic E-state index is 0.112. The van der Waals surface area contributed by atoms with Crippen LogP contribution in [0.4, 0.5) is 0 Å². The van der Waals surface area contributed by atoms with Gasteiger partial charge in [-0.2, -0.15) is 5.10 Å². The molecule has 2 N–H and O–H groups in total. The van der Waals surface area contributed by atoms with Crippen LogP contribution >= 0.6 is 11.6 Å². The largest absolute Gasteiger partial charge is 0.507 e. The van der Waals surface area contributed by atoms with Crippen LogP contribution in [0.3, 0.4) is 0 Å². The summed E-state index contributed by atoms with van der Waals surface area (Å²) < 4.78 is 5.24. The van der Waals surface area contributed by atoms with Crippen LogP contribution in [0, 0.1) is 0 Å². The molecule has 1 aromatic heterocycles. The maximum absolute atomic E-state index is 13.5. The number of aromatic nitrogens is 2. The van der Waals surface area contributed by atoms with E-state index < -0.39 is 0 Å². The van der Waals surface area contributed by atoms with E-state index in [-0.39, 0.29) is 17.7 Å². The van der Waals surface area contributed by atoms with Crippen molar-refractivity contribution in [2.45, 2.75) is 12.5 Å². The van der Waals surface area contributed by atoms with Crippen molar-refractivity contribution in [3.05, 3.63) is 100 Å². The van der Waals surface area contributed by atoms with Gasteiger partial charge in [0.25, 0.3) is 5.91 Å². The third-order valence-electron chi connectivity index (χ3n) is 5.99. The molecule has 0 bridgehead atoms. The molecule has 0 aliphatic carbocycles. The van der Waals surface area contributed by atoms with Crippen LogP contribution in [0.15, 0.2) is 72.8 Å². The van der Waals surface area contributed by atoms with E-state index in [9.17, 15) is 9.90 Å². The monoisotopic (exact) mass is 459 g/mol. The number of para-hydroxylation sites is 1. The van der Waals surface area contributed by atoms with Gasteiger partial charge >= 0.3 is 0 Å². The SMILES string of the molecule is COc1ccc(CCN2C(=O)c3[nH]nc(-c4ccccc4O)c3[C@@H]2c2cccc(Cl)c2)cc1. The Morgan fingerprint density at radius 2 is 1.88 bits per heavy atom. The Kier molecular flexibility index (Phi) is 5.52. The first-order valence-electron chi connectivity index (χ1n) is 10.6. The summed E-state index contributed by atoms with van der Waals surface area (Å²) >= 11 is 6.31. The van der Waals surface area contributed by atoms with Crippen molar-refractivity contribution in [1.82, 2.24) is 15.1 Å². The predicted molar refractivity (Wildman–Crippen MR) is 127 cm³/mol. The number of benzene rings is 3. The highest BCUT2D eigenvalue weighted by molar-refractivity contribution is 6.30. The number of ether oxygens (including phenoxy) is 1. The van der Waals surface area contributed by atoms with E-state index >= 15 is 0 Å². The fraction of sp³-hybridized carbons (Fsp3) is 0.154. The Bertz CT molecular complexity index is 1320. The van der Waals surface area contributed by atoms with Gasteiger partial charge in [-0.25, -0.2) is 0 Å². The van der Waals surface area contributed by atoms with Gasteiger partial charge in [-0.05, 0) is 53.9 Å². The second-order valence-corrected chi connectivity index (χ2v) is 8.37. The summed E-state index contributed by atoms with van der Waals surface area (Å²) in [5, 5.41) is 18.4. The van der Waals surface area contributed by atoms with Gasteiger partial charge in [-0.3, -0.25) is 9.89 Å². The average molecular weight is 460 g/mol. The standard InChI is InChI=1S/C26H22ClN3O3/c1-33-19-11-9-16(10-12-19)13-14-30-25(17-5-4-6-18(27)15-17)22-23(28-29-24(22)26(30)32)20-7-2-3-8-21(20)31/h2-12,15,25,31H,13-14H2,1H3,(H,28,29)/t25-/m0/s1. The molecule has 0 saturated carbocycles. The lowest BCUT2D eigenvalue weighted by molar-refractivity contribution is 0.0746. The molecule has 33 heavy (non-hydrogen) atoms. The third-order valence-corrected chi connectivity index (χ3v) is 6.22. The molecule has 1 atom stereocenters. The number of aromatic amines is 1. The van der Waals surface area contributed by atoms with E-state index in [1.54, 1.807) is 25.3 Å². The number of carbonyl (C=O) groups is 1. The highest BCUT2D eigenvalue weighted by atomic mass is 35.5. The molecule has 2 heterocycles. The Labute approximate surface area is 196 Å². The molecule has 0 saturated heterocycles. The van der Waals surface area contributed by atoms with Crippen molar-refractivity contribution < 1.29 is 14.6 Å². The van der Waals surface area contributed by atoms with Crippen LogP contribution < -0.4 is 4.74 Å². The molecular formula is C26H22ClN3O3. The van der Waals surface area contributed by atoms with Gasteiger partial charge < -0.3 is 14.7 Å². The fourth-order valence-electron chi connectivity index (χ4n) is 4.37. The van der Waals surface area contributed by atoms with Crippen molar-refractivity contribution in [1.29, 1.82) is 0 Å².